The SMILES string of the molecule is COCCCNCCSc1ncc[nH]1. The molecule has 1 heterocycles. The van der Waals surface area contributed by atoms with E-state index in [-0.39, 0.29) is 0 Å². The highest BCUT2D eigenvalue weighted by Gasteiger charge is 1.94. The third kappa shape index (κ3) is 5.26. The smallest absolute Gasteiger partial charge is 0.165 e. The minimum atomic E-state index is 0.832. The van der Waals surface area contributed by atoms with Crippen molar-refractivity contribution >= 4 is 11.8 Å². The van der Waals surface area contributed by atoms with E-state index >= 15 is 0 Å². The van der Waals surface area contributed by atoms with Gasteiger partial charge in [-0.3, -0.25) is 0 Å². The summed E-state index contributed by atoms with van der Waals surface area (Å²) < 4.78 is 4.95. The fourth-order valence-corrected chi connectivity index (χ4v) is 1.74. The van der Waals surface area contributed by atoms with Gasteiger partial charge in [-0.15, -0.1) is 0 Å². The molecule has 0 fully saturated rings. The van der Waals surface area contributed by atoms with Gasteiger partial charge in [0, 0.05) is 38.4 Å². The number of hydrogen-bond donors (Lipinski definition) is 2. The van der Waals surface area contributed by atoms with Crippen molar-refractivity contribution in [3.8, 4) is 0 Å². The van der Waals surface area contributed by atoms with Crippen LogP contribution in [0.1, 0.15) is 6.42 Å². The predicted molar refractivity (Wildman–Crippen MR) is 58.7 cm³/mol. The lowest BCUT2D eigenvalue weighted by molar-refractivity contribution is 0.194. The maximum atomic E-state index is 4.95. The Hall–Kier alpha value is -0.520. The monoisotopic (exact) mass is 215 g/mol. The number of methoxy groups -OCH3 is 1. The molecule has 14 heavy (non-hydrogen) atoms. The van der Waals surface area contributed by atoms with Gasteiger partial charge in [-0.25, -0.2) is 4.98 Å². The second-order valence-corrected chi connectivity index (χ2v) is 3.92. The first-order chi connectivity index (χ1) is 6.93. The van der Waals surface area contributed by atoms with Crippen LogP contribution in [0.4, 0.5) is 0 Å². The molecule has 2 N–H and O–H groups in total. The Morgan fingerprint density at radius 1 is 1.57 bits per heavy atom. The zero-order valence-electron chi connectivity index (χ0n) is 8.45. The van der Waals surface area contributed by atoms with E-state index in [1.165, 1.54) is 0 Å². The molecule has 1 aromatic heterocycles. The Morgan fingerprint density at radius 2 is 2.50 bits per heavy atom. The maximum absolute atomic E-state index is 4.95. The average molecular weight is 215 g/mol. The zero-order valence-corrected chi connectivity index (χ0v) is 9.27. The molecule has 0 aromatic carbocycles. The highest BCUT2D eigenvalue weighted by Crippen LogP contribution is 2.09. The van der Waals surface area contributed by atoms with Crippen LogP contribution in [0.2, 0.25) is 0 Å². The molecule has 0 bridgehead atoms. The van der Waals surface area contributed by atoms with Crippen molar-refractivity contribution in [1.29, 1.82) is 0 Å². The van der Waals surface area contributed by atoms with Crippen LogP contribution < -0.4 is 5.32 Å². The minimum Gasteiger partial charge on any atom is -0.385 e. The van der Waals surface area contributed by atoms with Crippen LogP contribution in [0, 0.1) is 0 Å². The predicted octanol–water partition coefficient (Wildman–Crippen LogP) is 1.13. The average Bonchev–Trinajstić information content (AvgIpc) is 2.69. The Kier molecular flexibility index (Phi) is 6.47. The number of imidazole rings is 1. The van der Waals surface area contributed by atoms with Gasteiger partial charge in [0.05, 0.1) is 0 Å². The van der Waals surface area contributed by atoms with E-state index in [4.69, 9.17) is 4.74 Å². The van der Waals surface area contributed by atoms with Crippen LogP contribution in [-0.2, 0) is 4.74 Å². The molecular weight excluding hydrogens is 198 g/mol. The number of H-pyrrole nitrogens is 1. The summed E-state index contributed by atoms with van der Waals surface area (Å²) in [5, 5.41) is 4.33. The number of thioether (sulfide) groups is 1. The molecule has 0 saturated heterocycles. The van der Waals surface area contributed by atoms with Gasteiger partial charge in [0.25, 0.3) is 0 Å². The maximum Gasteiger partial charge on any atom is 0.165 e. The quantitative estimate of drug-likeness (QED) is 0.504. The van der Waals surface area contributed by atoms with Crippen molar-refractivity contribution < 1.29 is 4.74 Å². The molecule has 80 valence electrons. The van der Waals surface area contributed by atoms with Gasteiger partial charge in [0.1, 0.15) is 0 Å². The number of nitrogens with zero attached hydrogens (tertiary/aromatic N) is 1. The molecule has 1 aromatic rings. The van der Waals surface area contributed by atoms with E-state index in [1.54, 1.807) is 25.1 Å². The molecule has 1 rings (SSSR count). The minimum absolute atomic E-state index is 0.832. The van der Waals surface area contributed by atoms with Crippen LogP contribution in [0.3, 0.4) is 0 Å². The summed E-state index contributed by atoms with van der Waals surface area (Å²) in [4.78, 5) is 7.18. The summed E-state index contributed by atoms with van der Waals surface area (Å²) in [7, 11) is 1.73. The Bertz CT molecular complexity index is 216. The first kappa shape index (κ1) is 11.6. The van der Waals surface area contributed by atoms with Crippen molar-refractivity contribution in [3.63, 3.8) is 0 Å². The van der Waals surface area contributed by atoms with E-state index in [9.17, 15) is 0 Å². The highest BCUT2D eigenvalue weighted by molar-refractivity contribution is 7.99. The van der Waals surface area contributed by atoms with Crippen LogP contribution in [0.15, 0.2) is 17.6 Å². The lowest BCUT2D eigenvalue weighted by Gasteiger charge is -2.02. The third-order valence-electron chi connectivity index (χ3n) is 1.69. The van der Waals surface area contributed by atoms with Gasteiger partial charge < -0.3 is 15.0 Å². The van der Waals surface area contributed by atoms with Gasteiger partial charge in [0.15, 0.2) is 5.16 Å². The highest BCUT2D eigenvalue weighted by atomic mass is 32.2. The lowest BCUT2D eigenvalue weighted by atomic mass is 10.4. The Morgan fingerprint density at radius 3 is 3.21 bits per heavy atom. The molecule has 0 aliphatic heterocycles. The Labute approximate surface area is 88.8 Å². The first-order valence-corrected chi connectivity index (χ1v) is 5.74. The summed E-state index contributed by atoms with van der Waals surface area (Å²) in [6, 6.07) is 0. The molecule has 5 heteroatoms. The molecule has 4 nitrogen and oxygen atoms in total. The van der Waals surface area contributed by atoms with Crippen LogP contribution in [0.25, 0.3) is 0 Å². The van der Waals surface area contributed by atoms with Crippen molar-refractivity contribution in [2.24, 2.45) is 0 Å². The van der Waals surface area contributed by atoms with Crippen LogP contribution in [-0.4, -0.2) is 42.5 Å². The number of aromatic nitrogens is 2. The largest absolute Gasteiger partial charge is 0.385 e. The zero-order chi connectivity index (χ0) is 10.1. The second-order valence-electron chi connectivity index (χ2n) is 2.84. The number of aromatic amines is 1. The normalized spacial score (nSPS) is 10.6. The summed E-state index contributed by atoms with van der Waals surface area (Å²) >= 11 is 1.73. The number of rotatable bonds is 8. The van der Waals surface area contributed by atoms with Gasteiger partial charge in [-0.2, -0.15) is 0 Å². The molecule has 0 aliphatic carbocycles. The topological polar surface area (TPSA) is 49.9 Å². The number of nitrogens with one attached hydrogen (secondary N) is 2. The second kappa shape index (κ2) is 7.84. The molecule has 0 saturated carbocycles. The standard InChI is InChI=1S/C9H17N3OS/c1-13-7-2-3-10-6-8-14-9-11-4-5-12-9/h4-5,10H,2-3,6-8H2,1H3,(H,11,12). The van der Waals surface area contributed by atoms with Crippen molar-refractivity contribution in [3.05, 3.63) is 12.4 Å². The van der Waals surface area contributed by atoms with E-state index in [1.807, 2.05) is 6.20 Å². The fraction of sp³-hybridized carbons (Fsp3) is 0.667. The van der Waals surface area contributed by atoms with Crippen molar-refractivity contribution in [2.75, 3.05) is 32.6 Å². The lowest BCUT2D eigenvalue weighted by Crippen LogP contribution is -2.19. The van der Waals surface area contributed by atoms with Crippen molar-refractivity contribution in [2.45, 2.75) is 11.6 Å². The van der Waals surface area contributed by atoms with Gasteiger partial charge in [0.2, 0.25) is 0 Å². The first-order valence-electron chi connectivity index (χ1n) is 4.75. The molecule has 0 unspecified atom stereocenters. The van der Waals surface area contributed by atoms with Crippen molar-refractivity contribution in [1.82, 2.24) is 15.3 Å². The molecule has 0 spiro atoms. The third-order valence-corrected chi connectivity index (χ3v) is 2.60. The summed E-state index contributed by atoms with van der Waals surface area (Å²) in [6.45, 7) is 2.86. The van der Waals surface area contributed by atoms with Gasteiger partial charge >= 0.3 is 0 Å². The molecular formula is C9H17N3OS. The Balaban J connectivity index is 1.85. The molecule has 0 atom stereocenters. The molecule has 0 aliphatic rings. The van der Waals surface area contributed by atoms with E-state index in [2.05, 4.69) is 15.3 Å². The van der Waals surface area contributed by atoms with Crippen LogP contribution in [0.5, 0.6) is 0 Å². The summed E-state index contributed by atoms with van der Waals surface area (Å²) in [6.07, 6.45) is 4.69. The number of hydrogen-bond acceptors (Lipinski definition) is 4. The summed E-state index contributed by atoms with van der Waals surface area (Å²) in [5.41, 5.74) is 0. The summed E-state index contributed by atoms with van der Waals surface area (Å²) in [5.74, 6) is 1.04. The van der Waals surface area contributed by atoms with Gasteiger partial charge in [-0.05, 0) is 13.0 Å². The molecule has 0 amide bonds. The van der Waals surface area contributed by atoms with E-state index < -0.39 is 0 Å². The van der Waals surface area contributed by atoms with E-state index in [0.717, 1.165) is 37.0 Å². The molecule has 0 radical (unpaired) electrons. The van der Waals surface area contributed by atoms with Gasteiger partial charge in [-0.1, -0.05) is 11.8 Å². The van der Waals surface area contributed by atoms with Crippen LogP contribution >= 0.6 is 11.8 Å². The number of ether oxygens (including phenoxy) is 1. The van der Waals surface area contributed by atoms with E-state index in [0.29, 0.717) is 0 Å². The fourth-order valence-electron chi connectivity index (χ4n) is 1.02.